The Morgan fingerprint density at radius 3 is 3.00 bits per heavy atom. The van der Waals surface area contributed by atoms with Crippen LogP contribution in [0.25, 0.3) is 0 Å². The zero-order valence-corrected chi connectivity index (χ0v) is 11.3. The van der Waals surface area contributed by atoms with Crippen LogP contribution in [0, 0.1) is 5.82 Å². The number of hydrogen-bond acceptors (Lipinski definition) is 5. The number of halogens is 1. The molecule has 0 spiro atoms. The van der Waals surface area contributed by atoms with Gasteiger partial charge in [0.2, 0.25) is 0 Å². The summed E-state index contributed by atoms with van der Waals surface area (Å²) in [6, 6.07) is 4.84. The first-order chi connectivity index (χ1) is 9.22. The van der Waals surface area contributed by atoms with Crippen LogP contribution in [0.1, 0.15) is 12.0 Å². The topological polar surface area (TPSA) is 64.8 Å². The first kappa shape index (κ1) is 14.3. The number of hydrogen-bond donors (Lipinski definition) is 3. The van der Waals surface area contributed by atoms with E-state index in [0.29, 0.717) is 23.7 Å². The minimum absolute atomic E-state index is 0.295. The summed E-state index contributed by atoms with van der Waals surface area (Å²) in [6.45, 7) is 1.19. The van der Waals surface area contributed by atoms with Gasteiger partial charge in [0.05, 0.1) is 18.3 Å². The van der Waals surface area contributed by atoms with Gasteiger partial charge in [-0.15, -0.1) is 11.8 Å². The molecule has 1 aliphatic rings. The van der Waals surface area contributed by atoms with Gasteiger partial charge in [-0.3, -0.25) is 4.99 Å². The van der Waals surface area contributed by atoms with Crippen molar-refractivity contribution in [3.8, 4) is 0 Å². The Morgan fingerprint density at radius 2 is 2.32 bits per heavy atom. The van der Waals surface area contributed by atoms with Gasteiger partial charge in [0.1, 0.15) is 11.7 Å². The van der Waals surface area contributed by atoms with Gasteiger partial charge in [-0.25, -0.2) is 4.39 Å². The monoisotopic (exact) mass is 284 g/mol. The van der Waals surface area contributed by atoms with Crippen LogP contribution in [0.5, 0.6) is 0 Å². The van der Waals surface area contributed by atoms with Crippen molar-refractivity contribution in [2.75, 3.05) is 25.4 Å². The summed E-state index contributed by atoms with van der Waals surface area (Å²) in [6.07, 6.45) is 0.145. The van der Waals surface area contributed by atoms with Crippen molar-refractivity contribution in [3.05, 3.63) is 29.6 Å². The minimum Gasteiger partial charge on any atom is -0.394 e. The number of rotatable bonds is 5. The summed E-state index contributed by atoms with van der Waals surface area (Å²) in [5.41, 5.74) is 0.456. The number of nitrogens with zero attached hydrogens (tertiary/aromatic N) is 1. The van der Waals surface area contributed by atoms with E-state index < -0.39 is 6.10 Å². The Morgan fingerprint density at radius 1 is 1.47 bits per heavy atom. The molecule has 0 saturated carbocycles. The number of nitrogens with one attached hydrogen (secondary N) is 1. The molecule has 0 amide bonds. The van der Waals surface area contributed by atoms with Crippen molar-refractivity contribution in [1.82, 2.24) is 5.32 Å². The number of aliphatic hydroxyl groups excluding tert-OH is 2. The zero-order chi connectivity index (χ0) is 13.7. The highest BCUT2D eigenvalue weighted by atomic mass is 32.2. The van der Waals surface area contributed by atoms with Gasteiger partial charge in [0, 0.05) is 23.7 Å². The van der Waals surface area contributed by atoms with Gasteiger partial charge in [-0.05, 0) is 18.6 Å². The quantitative estimate of drug-likeness (QED) is 0.706. The Kier molecular flexibility index (Phi) is 5.18. The van der Waals surface area contributed by atoms with Crippen LogP contribution in [0.3, 0.4) is 0 Å². The van der Waals surface area contributed by atoms with Crippen LogP contribution in [0.2, 0.25) is 0 Å². The molecule has 0 radical (unpaired) electrons. The summed E-state index contributed by atoms with van der Waals surface area (Å²) in [7, 11) is 0. The molecule has 104 valence electrons. The zero-order valence-electron chi connectivity index (χ0n) is 10.5. The van der Waals surface area contributed by atoms with E-state index in [4.69, 9.17) is 5.11 Å². The molecule has 1 aliphatic heterocycles. The van der Waals surface area contributed by atoms with E-state index >= 15 is 0 Å². The van der Waals surface area contributed by atoms with Crippen molar-refractivity contribution >= 4 is 17.6 Å². The van der Waals surface area contributed by atoms with Crippen LogP contribution < -0.4 is 5.32 Å². The smallest absolute Gasteiger partial charge is 0.135 e. The third kappa shape index (κ3) is 3.68. The Labute approximate surface area is 115 Å². The molecule has 0 saturated heterocycles. The molecule has 3 N–H and O–H groups in total. The van der Waals surface area contributed by atoms with Crippen LogP contribution in [-0.2, 0) is 0 Å². The van der Waals surface area contributed by atoms with Crippen molar-refractivity contribution in [3.63, 3.8) is 0 Å². The van der Waals surface area contributed by atoms with E-state index in [9.17, 15) is 9.50 Å². The van der Waals surface area contributed by atoms with Crippen LogP contribution >= 0.6 is 11.8 Å². The Hall–Kier alpha value is -1.11. The molecule has 6 heteroatoms. The average Bonchev–Trinajstić information content (AvgIpc) is 2.45. The summed E-state index contributed by atoms with van der Waals surface area (Å²) in [5.74, 6) is 0.572. The molecule has 4 nitrogen and oxygen atoms in total. The molecule has 0 bridgehead atoms. The van der Waals surface area contributed by atoms with Crippen LogP contribution in [0.4, 0.5) is 4.39 Å². The van der Waals surface area contributed by atoms with Gasteiger partial charge < -0.3 is 15.5 Å². The van der Waals surface area contributed by atoms with Gasteiger partial charge >= 0.3 is 0 Å². The van der Waals surface area contributed by atoms with Crippen molar-refractivity contribution in [1.29, 1.82) is 0 Å². The Bertz CT molecular complexity index is 468. The molecule has 1 aromatic carbocycles. The fraction of sp³-hybridized carbons (Fsp3) is 0.462. The summed E-state index contributed by atoms with van der Waals surface area (Å²) >= 11 is 1.32. The standard InChI is InChI=1S/C13H17FN2O2S/c14-10-3-1-4-11(19-8-9(18)7-17)12(10)13-15-5-2-6-16-13/h1,3-4,9,17-18H,2,5-8H2,(H,15,16). The number of thioether (sulfide) groups is 1. The molecule has 2 rings (SSSR count). The first-order valence-corrected chi connectivity index (χ1v) is 7.20. The van der Waals surface area contributed by atoms with E-state index in [1.165, 1.54) is 17.8 Å². The molecule has 1 aromatic rings. The largest absolute Gasteiger partial charge is 0.394 e. The van der Waals surface area contributed by atoms with Crippen LogP contribution in [0.15, 0.2) is 28.1 Å². The summed E-state index contributed by atoms with van der Waals surface area (Å²) < 4.78 is 14.0. The number of benzene rings is 1. The fourth-order valence-corrected chi connectivity index (χ4v) is 2.78. The van der Waals surface area contributed by atoms with Crippen molar-refractivity contribution < 1.29 is 14.6 Å². The lowest BCUT2D eigenvalue weighted by atomic mass is 10.1. The molecular formula is C13H17FN2O2S. The second-order valence-electron chi connectivity index (χ2n) is 4.27. The predicted octanol–water partition coefficient (Wildman–Crippen LogP) is 1.01. The fourth-order valence-electron chi connectivity index (χ4n) is 1.79. The lowest BCUT2D eigenvalue weighted by Crippen LogP contribution is -2.31. The predicted molar refractivity (Wildman–Crippen MR) is 74.2 cm³/mol. The third-order valence-corrected chi connectivity index (χ3v) is 3.95. The van der Waals surface area contributed by atoms with E-state index in [0.717, 1.165) is 17.9 Å². The second-order valence-corrected chi connectivity index (χ2v) is 5.33. The second kappa shape index (κ2) is 6.88. The van der Waals surface area contributed by atoms with Gasteiger partial charge in [-0.2, -0.15) is 0 Å². The van der Waals surface area contributed by atoms with Gasteiger partial charge in [0.25, 0.3) is 0 Å². The maximum Gasteiger partial charge on any atom is 0.135 e. The average molecular weight is 284 g/mol. The minimum atomic E-state index is -0.803. The Balaban J connectivity index is 2.23. The molecule has 19 heavy (non-hydrogen) atoms. The lowest BCUT2D eigenvalue weighted by Gasteiger charge is -2.18. The van der Waals surface area contributed by atoms with E-state index in [1.807, 2.05) is 0 Å². The number of aliphatic imine (C=N–C) groups is 1. The summed E-state index contributed by atoms with van der Waals surface area (Å²) in [5, 5.41) is 21.3. The van der Waals surface area contributed by atoms with Gasteiger partial charge in [0.15, 0.2) is 0 Å². The number of aliphatic hydroxyl groups is 2. The highest BCUT2D eigenvalue weighted by Gasteiger charge is 2.17. The summed E-state index contributed by atoms with van der Waals surface area (Å²) in [4.78, 5) is 5.03. The third-order valence-electron chi connectivity index (χ3n) is 2.75. The molecule has 0 fully saturated rings. The molecule has 0 aromatic heterocycles. The number of amidine groups is 1. The highest BCUT2D eigenvalue weighted by Crippen LogP contribution is 2.26. The lowest BCUT2D eigenvalue weighted by molar-refractivity contribution is 0.113. The van der Waals surface area contributed by atoms with E-state index in [1.54, 1.807) is 12.1 Å². The normalized spacial score (nSPS) is 16.7. The SMILES string of the molecule is OCC(O)CSc1cccc(F)c1C1=NCCCN1. The maximum absolute atomic E-state index is 14.0. The first-order valence-electron chi connectivity index (χ1n) is 6.21. The molecular weight excluding hydrogens is 267 g/mol. The molecule has 1 unspecified atom stereocenters. The van der Waals surface area contributed by atoms with Crippen LogP contribution in [-0.4, -0.2) is 47.6 Å². The molecule has 1 heterocycles. The van der Waals surface area contributed by atoms with E-state index in [2.05, 4.69) is 10.3 Å². The highest BCUT2D eigenvalue weighted by molar-refractivity contribution is 7.99. The maximum atomic E-state index is 14.0. The van der Waals surface area contributed by atoms with E-state index in [-0.39, 0.29) is 12.4 Å². The molecule has 1 atom stereocenters. The molecule has 0 aliphatic carbocycles. The van der Waals surface area contributed by atoms with Crippen molar-refractivity contribution in [2.45, 2.75) is 17.4 Å². The van der Waals surface area contributed by atoms with Gasteiger partial charge in [-0.1, -0.05) is 6.07 Å². The van der Waals surface area contributed by atoms with Crippen molar-refractivity contribution in [2.24, 2.45) is 4.99 Å².